The summed E-state index contributed by atoms with van der Waals surface area (Å²) < 4.78 is 0. The Bertz CT molecular complexity index is 784. The van der Waals surface area contributed by atoms with Gasteiger partial charge in [-0.3, -0.25) is 0 Å². The summed E-state index contributed by atoms with van der Waals surface area (Å²) in [5, 5.41) is 14.6. The molecule has 2 nitrogen and oxygen atoms in total. The molecule has 0 radical (unpaired) electrons. The molecular formula is C17H19NOSi. The largest absolute Gasteiger partial charge is 0.508 e. The van der Waals surface area contributed by atoms with E-state index in [1.54, 1.807) is 6.07 Å². The van der Waals surface area contributed by atoms with Crippen LogP contribution in [0.15, 0.2) is 41.4 Å². The monoisotopic (exact) mass is 281 g/mol. The van der Waals surface area contributed by atoms with Crippen molar-refractivity contribution in [2.45, 2.75) is 25.9 Å². The molecule has 1 aliphatic rings. The van der Waals surface area contributed by atoms with Crippen molar-refractivity contribution in [3.63, 3.8) is 0 Å². The summed E-state index contributed by atoms with van der Waals surface area (Å²) in [5.41, 5.74) is 1.02. The smallest absolute Gasteiger partial charge is 0.121 e. The highest BCUT2D eigenvalue weighted by atomic mass is 28.3. The number of benzene rings is 2. The van der Waals surface area contributed by atoms with Crippen LogP contribution in [-0.4, -0.2) is 13.2 Å². The predicted octanol–water partition coefficient (Wildman–Crippen LogP) is 1.67. The van der Waals surface area contributed by atoms with Crippen molar-refractivity contribution in [1.82, 2.24) is 0 Å². The number of phenolic OH excluding ortho intramolecular Hbond substituents is 1. The van der Waals surface area contributed by atoms with E-state index in [4.69, 9.17) is 4.99 Å². The highest BCUT2D eigenvalue weighted by molar-refractivity contribution is 7.02. The zero-order chi connectivity index (χ0) is 14.3. The average molecular weight is 281 g/mol. The van der Waals surface area contributed by atoms with Gasteiger partial charge in [-0.15, -0.1) is 0 Å². The van der Waals surface area contributed by atoms with Crippen molar-refractivity contribution >= 4 is 30.7 Å². The molecule has 20 heavy (non-hydrogen) atoms. The van der Waals surface area contributed by atoms with Crippen LogP contribution in [0.4, 0.5) is 5.69 Å². The number of aromatic hydroxyl groups is 1. The molecule has 0 saturated heterocycles. The molecule has 0 saturated carbocycles. The van der Waals surface area contributed by atoms with Crippen LogP contribution in [0.1, 0.15) is 13.3 Å². The van der Waals surface area contributed by atoms with E-state index >= 15 is 0 Å². The first-order chi connectivity index (χ1) is 9.54. The Morgan fingerprint density at radius 3 is 2.70 bits per heavy atom. The third-order valence-electron chi connectivity index (χ3n) is 4.22. The SMILES string of the molecule is C=c1ccc2c(c1)[Si](C)(CCC)c1cc(O)ccc1N=2. The van der Waals surface area contributed by atoms with Gasteiger partial charge in [0.2, 0.25) is 0 Å². The van der Waals surface area contributed by atoms with Crippen LogP contribution in [0.5, 0.6) is 5.75 Å². The number of hydrogen-bond acceptors (Lipinski definition) is 2. The zero-order valence-corrected chi connectivity index (χ0v) is 13.0. The third-order valence-corrected chi connectivity index (χ3v) is 8.90. The van der Waals surface area contributed by atoms with Crippen LogP contribution in [0.2, 0.25) is 12.6 Å². The van der Waals surface area contributed by atoms with Gasteiger partial charge >= 0.3 is 0 Å². The van der Waals surface area contributed by atoms with Crippen molar-refractivity contribution < 1.29 is 5.11 Å². The summed E-state index contributed by atoms with van der Waals surface area (Å²) >= 11 is 0. The maximum absolute atomic E-state index is 9.86. The normalized spacial score (nSPS) is 19.9. The molecule has 1 aliphatic heterocycles. The Kier molecular flexibility index (Phi) is 3.02. The van der Waals surface area contributed by atoms with E-state index in [0.29, 0.717) is 5.75 Å². The summed E-state index contributed by atoms with van der Waals surface area (Å²) in [6.45, 7) is 8.66. The minimum absolute atomic E-state index is 0.336. The van der Waals surface area contributed by atoms with Crippen molar-refractivity contribution in [1.29, 1.82) is 0 Å². The van der Waals surface area contributed by atoms with E-state index in [-0.39, 0.29) is 0 Å². The zero-order valence-electron chi connectivity index (χ0n) is 12.0. The molecule has 102 valence electrons. The summed E-state index contributed by atoms with van der Waals surface area (Å²) in [6.07, 6.45) is 1.14. The molecule has 0 aliphatic carbocycles. The number of phenols is 1. The van der Waals surface area contributed by atoms with E-state index in [2.05, 4.69) is 32.2 Å². The summed E-state index contributed by atoms with van der Waals surface area (Å²) in [7, 11) is -1.83. The van der Waals surface area contributed by atoms with Gasteiger partial charge in [0.05, 0.1) is 11.0 Å². The molecular weight excluding hydrogens is 262 g/mol. The van der Waals surface area contributed by atoms with Crippen LogP contribution in [0.25, 0.3) is 6.58 Å². The lowest BCUT2D eigenvalue weighted by Gasteiger charge is -2.32. The third kappa shape index (κ3) is 1.90. The topological polar surface area (TPSA) is 32.6 Å². The number of rotatable bonds is 2. The lowest BCUT2D eigenvalue weighted by molar-refractivity contribution is 0.476. The van der Waals surface area contributed by atoms with Gasteiger partial charge in [0.1, 0.15) is 13.8 Å². The molecule has 2 aromatic carbocycles. The molecule has 0 aromatic heterocycles. The van der Waals surface area contributed by atoms with Crippen molar-refractivity contribution in [2.24, 2.45) is 4.99 Å². The van der Waals surface area contributed by atoms with Crippen LogP contribution >= 0.6 is 0 Å². The lowest BCUT2D eigenvalue weighted by atomic mass is 10.2. The van der Waals surface area contributed by atoms with Gasteiger partial charge in [-0.05, 0) is 45.9 Å². The minimum Gasteiger partial charge on any atom is -0.508 e. The Hall–Kier alpha value is -1.87. The van der Waals surface area contributed by atoms with Crippen LogP contribution < -0.4 is 20.9 Å². The van der Waals surface area contributed by atoms with Gasteiger partial charge in [0.15, 0.2) is 0 Å². The van der Waals surface area contributed by atoms with Gasteiger partial charge in [0, 0.05) is 0 Å². The average Bonchev–Trinajstić information content (AvgIpc) is 2.42. The second kappa shape index (κ2) is 4.60. The van der Waals surface area contributed by atoms with Gasteiger partial charge < -0.3 is 5.11 Å². The molecule has 3 heteroatoms. The van der Waals surface area contributed by atoms with Crippen LogP contribution in [-0.2, 0) is 0 Å². The summed E-state index contributed by atoms with van der Waals surface area (Å²) in [5.74, 6) is 0.336. The minimum atomic E-state index is -1.83. The van der Waals surface area contributed by atoms with Gasteiger partial charge in [-0.25, -0.2) is 4.99 Å². The van der Waals surface area contributed by atoms with Crippen molar-refractivity contribution in [3.05, 3.63) is 47.0 Å². The first kappa shape index (κ1) is 13.1. The van der Waals surface area contributed by atoms with E-state index in [1.807, 2.05) is 18.2 Å². The summed E-state index contributed by atoms with van der Waals surface area (Å²) in [6, 6.07) is 13.0. The molecule has 0 amide bonds. The van der Waals surface area contributed by atoms with Crippen molar-refractivity contribution in [3.8, 4) is 5.75 Å². The van der Waals surface area contributed by atoms with E-state index < -0.39 is 8.07 Å². The fourth-order valence-electron chi connectivity index (χ4n) is 3.23. The molecule has 1 N–H and O–H groups in total. The van der Waals surface area contributed by atoms with Gasteiger partial charge in [0.25, 0.3) is 0 Å². The van der Waals surface area contributed by atoms with Gasteiger partial charge in [-0.2, -0.15) is 0 Å². The fourth-order valence-corrected chi connectivity index (χ4v) is 7.44. The number of hydrogen-bond donors (Lipinski definition) is 1. The molecule has 1 unspecified atom stereocenters. The van der Waals surface area contributed by atoms with Crippen LogP contribution in [0.3, 0.4) is 0 Å². The Balaban J connectivity index is 2.39. The fraction of sp³-hybridized carbons (Fsp3) is 0.235. The Labute approximate surface area is 120 Å². The van der Waals surface area contributed by atoms with E-state index in [0.717, 1.165) is 28.7 Å². The van der Waals surface area contributed by atoms with E-state index in [1.165, 1.54) is 10.4 Å². The highest BCUT2D eigenvalue weighted by Gasteiger charge is 2.36. The Morgan fingerprint density at radius 1 is 1.15 bits per heavy atom. The van der Waals surface area contributed by atoms with Crippen molar-refractivity contribution in [2.75, 3.05) is 0 Å². The first-order valence-corrected chi connectivity index (χ1v) is 9.77. The maximum Gasteiger partial charge on any atom is 0.121 e. The molecule has 3 rings (SSSR count). The lowest BCUT2D eigenvalue weighted by Crippen LogP contribution is -2.63. The highest BCUT2D eigenvalue weighted by Crippen LogP contribution is 2.24. The second-order valence-corrected chi connectivity index (χ2v) is 9.99. The van der Waals surface area contributed by atoms with Crippen LogP contribution in [0, 0.1) is 0 Å². The Morgan fingerprint density at radius 2 is 1.95 bits per heavy atom. The first-order valence-electron chi connectivity index (χ1n) is 7.06. The number of nitrogens with zero attached hydrogens (tertiary/aromatic N) is 1. The molecule has 0 bridgehead atoms. The standard InChI is InChI=1S/C17H19NOSi/c1-4-9-20(3)16-10-12(2)5-7-14(16)18-15-8-6-13(19)11-17(15)20/h5-8,10-11,19H,2,4,9H2,1,3H3. The van der Waals surface area contributed by atoms with E-state index in [9.17, 15) is 5.11 Å². The number of fused-ring (bicyclic) bond motifs is 2. The molecule has 1 atom stereocenters. The quantitative estimate of drug-likeness (QED) is 0.835. The molecule has 1 heterocycles. The maximum atomic E-state index is 9.86. The molecule has 0 spiro atoms. The predicted molar refractivity (Wildman–Crippen MR) is 86.5 cm³/mol. The second-order valence-electron chi connectivity index (χ2n) is 5.75. The molecule has 0 fully saturated rings. The molecule has 2 aromatic rings. The summed E-state index contributed by atoms with van der Waals surface area (Å²) in [4.78, 5) is 4.76. The van der Waals surface area contributed by atoms with Gasteiger partial charge in [-0.1, -0.05) is 38.6 Å².